The zero-order chi connectivity index (χ0) is 78.3. The number of nitrogens with one attached hydrogen (secondary N) is 7. The van der Waals surface area contributed by atoms with Gasteiger partial charge in [-0.05, 0) is 121 Å². The van der Waals surface area contributed by atoms with E-state index in [0.29, 0.717) is 26.2 Å². The number of nitrogens with zero attached hydrogens (tertiary/aromatic N) is 3. The highest BCUT2D eigenvalue weighted by molar-refractivity contribution is 5.73. The summed E-state index contributed by atoms with van der Waals surface area (Å²) >= 11 is 0. The SMILES string of the molecule is CC(C)(C)OC(=O)NC1CN(C(=O)OCc2ccccc2)CC1CF.CC(C)(C)OC(=O)N[C@@H]1CN(C(=O)OCc2ccccc2)C[C@H]1CF.CC(C)(C)OC(=O)N[C@@H]1CNC[C@H]1CF.CC(C)(C)OC(=O)N[C@H]1CN(C(=O)OCc2ccccc2)C[C@@H]1CF.CC(C)(C)OC(=O)N[C@H]1CNC[C@@H]1CF. The predicted molar refractivity (Wildman–Crippen MR) is 383 cm³/mol. The van der Waals surface area contributed by atoms with Gasteiger partial charge in [0.1, 0.15) is 47.8 Å². The molecule has 8 amide bonds. The van der Waals surface area contributed by atoms with Crippen molar-refractivity contribution in [2.75, 3.05) is 98.8 Å². The summed E-state index contributed by atoms with van der Waals surface area (Å²) in [5.74, 6) is -1.71. The van der Waals surface area contributed by atoms with Gasteiger partial charge in [0.25, 0.3) is 0 Å². The molecule has 31 heteroatoms. The molecule has 10 atom stereocenters. The summed E-state index contributed by atoms with van der Waals surface area (Å²) in [5.41, 5.74) is -0.309. The fraction of sp³-hybridized carbons (Fsp3) is 0.649. The molecule has 3 aromatic rings. The second-order valence-electron chi connectivity index (χ2n) is 31.0. The van der Waals surface area contributed by atoms with Crippen LogP contribution in [-0.2, 0) is 57.7 Å². The molecule has 590 valence electrons. The number of carbonyl (C=O) groups is 8. The van der Waals surface area contributed by atoms with Crippen LogP contribution in [0.25, 0.3) is 0 Å². The van der Waals surface area contributed by atoms with Crippen LogP contribution in [0.15, 0.2) is 91.0 Å². The normalized spacial score (nSPS) is 22.0. The first-order valence-electron chi connectivity index (χ1n) is 35.2. The molecule has 0 aromatic heterocycles. The highest BCUT2D eigenvalue weighted by atomic mass is 19.1. The van der Waals surface area contributed by atoms with Crippen LogP contribution >= 0.6 is 0 Å². The van der Waals surface area contributed by atoms with Crippen LogP contribution in [-0.4, -0.2) is 220 Å². The molecule has 5 saturated heterocycles. The third kappa shape index (κ3) is 35.4. The fourth-order valence-electron chi connectivity index (χ4n) is 10.9. The number of likely N-dealkylation sites (tertiary alicyclic amines) is 3. The maximum Gasteiger partial charge on any atom is 0.410 e. The standard InChI is InChI=1S/3C18H25FN2O4.2C10H19FN2O2/c3*1-18(2,3)25-16(22)20-15-11-21(10-14(15)9-19)17(23)24-12-13-7-5-4-6-8-13;2*1-10(2,3)15-9(14)13-8-6-12-5-7(8)4-11/h3*4-8,14-15H,9-12H2,1-3H3,(H,20,22);2*7-8,12H,4-6H2,1-3H3,(H,13,14)/t2*14-,15-;;2*7-,8-/m10.10/s1. The average molecular weight is 1490 g/mol. The van der Waals surface area contributed by atoms with Crippen molar-refractivity contribution in [2.45, 2.75) is 182 Å². The number of hydrogen-bond donors (Lipinski definition) is 7. The van der Waals surface area contributed by atoms with Gasteiger partial charge in [0.2, 0.25) is 0 Å². The van der Waals surface area contributed by atoms with Gasteiger partial charge in [-0.25, -0.2) is 38.4 Å². The van der Waals surface area contributed by atoms with E-state index >= 15 is 0 Å². The molecule has 5 aliphatic heterocycles. The molecular formula is C74H113F5N10O16. The van der Waals surface area contributed by atoms with Crippen LogP contribution in [0.3, 0.4) is 0 Å². The monoisotopic (exact) mass is 1490 g/mol. The first-order chi connectivity index (χ1) is 49.2. The molecule has 8 rings (SSSR count). The molecule has 7 N–H and O–H groups in total. The molecule has 3 aromatic carbocycles. The Labute approximate surface area is 614 Å². The number of benzene rings is 3. The number of carbonyl (C=O) groups excluding carboxylic acids is 8. The molecule has 0 aliphatic carbocycles. The van der Waals surface area contributed by atoms with Crippen LogP contribution in [0.1, 0.15) is 121 Å². The Bertz CT molecular complexity index is 2840. The molecule has 0 bridgehead atoms. The van der Waals surface area contributed by atoms with Gasteiger partial charge < -0.3 is 89.8 Å². The summed E-state index contributed by atoms with van der Waals surface area (Å²) in [4.78, 5) is 99.2. The lowest BCUT2D eigenvalue weighted by Crippen LogP contribution is -2.44. The van der Waals surface area contributed by atoms with Crippen molar-refractivity contribution >= 4 is 48.7 Å². The summed E-state index contributed by atoms with van der Waals surface area (Å²) in [6, 6.07) is 26.1. The minimum absolute atomic E-state index is 0.141. The number of alkyl carbamates (subject to hydrolysis) is 5. The van der Waals surface area contributed by atoms with Crippen molar-refractivity contribution < 1.29 is 98.2 Å². The second-order valence-corrected chi connectivity index (χ2v) is 31.0. The van der Waals surface area contributed by atoms with E-state index in [1.165, 1.54) is 14.7 Å². The van der Waals surface area contributed by atoms with Crippen molar-refractivity contribution in [3.8, 4) is 0 Å². The highest BCUT2D eigenvalue weighted by Gasteiger charge is 2.41. The van der Waals surface area contributed by atoms with Crippen molar-refractivity contribution in [3.63, 3.8) is 0 Å². The molecule has 0 saturated carbocycles. The Balaban J connectivity index is 0.000000283. The summed E-state index contributed by atoms with van der Waals surface area (Å²) in [5, 5.41) is 19.3. The lowest BCUT2D eigenvalue weighted by atomic mass is 10.1. The van der Waals surface area contributed by atoms with Crippen LogP contribution in [0.2, 0.25) is 0 Å². The van der Waals surface area contributed by atoms with Crippen LogP contribution in [0, 0.1) is 29.6 Å². The Kier molecular flexibility index (Phi) is 35.9. The number of alkyl halides is 5. The number of rotatable bonds is 16. The van der Waals surface area contributed by atoms with Gasteiger partial charge in [-0.2, -0.15) is 0 Å². The van der Waals surface area contributed by atoms with Crippen molar-refractivity contribution in [1.82, 2.24) is 51.9 Å². The molecule has 0 spiro atoms. The maximum atomic E-state index is 13.3. The third-order valence-corrected chi connectivity index (χ3v) is 15.9. The van der Waals surface area contributed by atoms with E-state index in [1.807, 2.05) is 91.0 Å². The van der Waals surface area contributed by atoms with Gasteiger partial charge in [-0.3, -0.25) is 22.0 Å². The lowest BCUT2D eigenvalue weighted by Gasteiger charge is -2.23. The minimum Gasteiger partial charge on any atom is -0.445 e. The molecule has 105 heavy (non-hydrogen) atoms. The zero-order valence-electron chi connectivity index (χ0n) is 63.4. The van der Waals surface area contributed by atoms with Crippen LogP contribution in [0.4, 0.5) is 60.3 Å². The average Bonchev–Trinajstić information content (AvgIpc) is 1.71. The van der Waals surface area contributed by atoms with E-state index in [-0.39, 0.29) is 83.0 Å². The number of amides is 8. The molecule has 5 heterocycles. The molecule has 5 fully saturated rings. The van der Waals surface area contributed by atoms with Gasteiger partial charge in [-0.15, -0.1) is 0 Å². The van der Waals surface area contributed by atoms with E-state index in [0.717, 1.165) is 16.7 Å². The Morgan fingerprint density at radius 1 is 0.324 bits per heavy atom. The van der Waals surface area contributed by atoms with Gasteiger partial charge >= 0.3 is 48.7 Å². The minimum atomic E-state index is -0.637. The zero-order valence-corrected chi connectivity index (χ0v) is 63.4. The molecule has 26 nitrogen and oxygen atoms in total. The third-order valence-electron chi connectivity index (χ3n) is 15.9. The van der Waals surface area contributed by atoms with Crippen LogP contribution in [0.5, 0.6) is 0 Å². The fourth-order valence-corrected chi connectivity index (χ4v) is 10.9. The van der Waals surface area contributed by atoms with E-state index in [2.05, 4.69) is 37.2 Å². The van der Waals surface area contributed by atoms with Gasteiger partial charge in [0.15, 0.2) is 0 Å². The van der Waals surface area contributed by atoms with Crippen molar-refractivity contribution in [2.24, 2.45) is 29.6 Å². The molecular weight excluding hydrogens is 1380 g/mol. The first kappa shape index (κ1) is 88.8. The van der Waals surface area contributed by atoms with Crippen molar-refractivity contribution in [1.29, 1.82) is 0 Å². The Morgan fingerprint density at radius 2 is 0.533 bits per heavy atom. The smallest absolute Gasteiger partial charge is 0.410 e. The topological polar surface area (TPSA) is 304 Å². The maximum absolute atomic E-state index is 13.3. The number of halogens is 5. The summed E-state index contributed by atoms with van der Waals surface area (Å²) < 4.78 is 106. The van der Waals surface area contributed by atoms with Crippen molar-refractivity contribution in [3.05, 3.63) is 108 Å². The Hall–Kier alpha value is -8.61. The molecule has 0 radical (unpaired) electrons. The second kappa shape index (κ2) is 42.5. The van der Waals surface area contributed by atoms with Gasteiger partial charge in [0.05, 0.1) is 63.6 Å². The van der Waals surface area contributed by atoms with E-state index in [1.54, 1.807) is 104 Å². The number of hydrogen-bond acceptors (Lipinski definition) is 18. The Morgan fingerprint density at radius 3 is 0.733 bits per heavy atom. The van der Waals surface area contributed by atoms with Crippen LogP contribution < -0.4 is 37.2 Å². The first-order valence-corrected chi connectivity index (χ1v) is 35.2. The quantitative estimate of drug-likeness (QED) is 0.0518. The summed E-state index contributed by atoms with van der Waals surface area (Å²) in [7, 11) is 0. The lowest BCUT2D eigenvalue weighted by molar-refractivity contribution is 0.0480. The van der Waals surface area contributed by atoms with Gasteiger partial charge in [0, 0.05) is 95.0 Å². The van der Waals surface area contributed by atoms with Gasteiger partial charge in [-0.1, -0.05) is 91.0 Å². The summed E-state index contributed by atoms with van der Waals surface area (Å²) in [6.45, 7) is 27.9. The molecule has 5 aliphatic rings. The van der Waals surface area contributed by atoms with E-state index in [9.17, 15) is 60.3 Å². The largest absolute Gasteiger partial charge is 0.445 e. The van der Waals surface area contributed by atoms with E-state index < -0.39 is 146 Å². The summed E-state index contributed by atoms with van der Waals surface area (Å²) in [6.07, 6.45) is -4.35. The molecule has 2 unspecified atom stereocenters. The highest BCUT2D eigenvalue weighted by Crippen LogP contribution is 2.24. The predicted octanol–water partition coefficient (Wildman–Crippen LogP) is 11.5. The number of ether oxygens (including phenoxy) is 8. The van der Waals surface area contributed by atoms with E-state index in [4.69, 9.17) is 37.9 Å².